The molecule has 0 aliphatic rings. The van der Waals surface area contributed by atoms with Crippen LogP contribution < -0.4 is 10.1 Å². The molecule has 1 heterocycles. The molecule has 1 atom stereocenters. The van der Waals surface area contributed by atoms with Crippen LogP contribution in [0.1, 0.15) is 42.7 Å². The highest BCUT2D eigenvalue weighted by molar-refractivity contribution is 5.91. The van der Waals surface area contributed by atoms with Gasteiger partial charge in [0.25, 0.3) is 5.91 Å². The van der Waals surface area contributed by atoms with Crippen molar-refractivity contribution >= 4 is 5.91 Å². The minimum absolute atomic E-state index is 0.261. The Bertz CT molecular complexity index is 745. The van der Waals surface area contributed by atoms with E-state index in [1.807, 2.05) is 18.2 Å². The van der Waals surface area contributed by atoms with Crippen molar-refractivity contribution in [3.05, 3.63) is 47.7 Å². The molecule has 7 heteroatoms. The summed E-state index contributed by atoms with van der Waals surface area (Å²) in [4.78, 5) is 18.8. The van der Waals surface area contributed by atoms with Crippen molar-refractivity contribution in [2.24, 2.45) is 5.92 Å². The van der Waals surface area contributed by atoms with Crippen molar-refractivity contribution in [3.63, 3.8) is 0 Å². The number of methoxy groups -OCH3 is 2. The molecule has 1 aromatic heterocycles. The third kappa shape index (κ3) is 6.35. The molecule has 0 radical (unpaired) electrons. The fraction of sp³-hybridized carbons (Fsp3) is 0.524. The number of hydrogen-bond acceptors (Lipinski definition) is 6. The predicted octanol–water partition coefficient (Wildman–Crippen LogP) is 3.11. The molecular weight excluding hydrogens is 358 g/mol. The van der Waals surface area contributed by atoms with Crippen LogP contribution in [-0.2, 0) is 17.8 Å². The summed E-state index contributed by atoms with van der Waals surface area (Å²) in [6, 6.07) is 8.33. The third-order valence-electron chi connectivity index (χ3n) is 4.78. The Kier molecular flexibility index (Phi) is 8.47. The van der Waals surface area contributed by atoms with E-state index in [-0.39, 0.29) is 11.6 Å². The van der Waals surface area contributed by atoms with E-state index in [4.69, 9.17) is 13.9 Å². The number of aromatic nitrogens is 1. The quantitative estimate of drug-likeness (QED) is 0.595. The fourth-order valence-electron chi connectivity index (χ4n) is 2.79. The highest BCUT2D eigenvalue weighted by Gasteiger charge is 2.21. The first-order valence-corrected chi connectivity index (χ1v) is 9.53. The average molecular weight is 389 g/mol. The minimum atomic E-state index is -0.261. The monoisotopic (exact) mass is 389 g/mol. The molecule has 1 aromatic carbocycles. The van der Waals surface area contributed by atoms with E-state index in [1.54, 1.807) is 14.2 Å². The summed E-state index contributed by atoms with van der Waals surface area (Å²) in [5.74, 6) is 1.55. The van der Waals surface area contributed by atoms with Crippen molar-refractivity contribution in [2.45, 2.75) is 39.9 Å². The number of ether oxygens (including phenoxy) is 2. The van der Waals surface area contributed by atoms with Crippen molar-refractivity contribution in [1.29, 1.82) is 0 Å². The van der Waals surface area contributed by atoms with Crippen molar-refractivity contribution in [1.82, 2.24) is 15.2 Å². The van der Waals surface area contributed by atoms with E-state index in [2.05, 4.69) is 42.0 Å². The van der Waals surface area contributed by atoms with Gasteiger partial charge >= 0.3 is 0 Å². The van der Waals surface area contributed by atoms with E-state index in [9.17, 15) is 4.79 Å². The molecule has 0 saturated heterocycles. The molecule has 2 rings (SSSR count). The largest absolute Gasteiger partial charge is 0.497 e. The van der Waals surface area contributed by atoms with Gasteiger partial charge in [-0.1, -0.05) is 26.0 Å². The van der Waals surface area contributed by atoms with Gasteiger partial charge in [-0.2, -0.15) is 0 Å². The molecule has 2 aromatic rings. The standard InChI is InChI=1S/C21H31N3O4/c1-15(2)16(3)24(12-17-7-6-8-18(11-17)27-5)13-20-23-19(14-28-20)21(25)22-9-10-26-4/h6-8,11,14-16H,9-10,12-13H2,1-5H3,(H,22,25). The summed E-state index contributed by atoms with van der Waals surface area (Å²) in [6.45, 7) is 8.70. The SMILES string of the molecule is COCCNC(=O)c1coc(CN(Cc2cccc(OC)c2)C(C)C(C)C)n1. The molecule has 1 unspecified atom stereocenters. The smallest absolute Gasteiger partial charge is 0.273 e. The number of nitrogens with zero attached hydrogens (tertiary/aromatic N) is 2. The fourth-order valence-corrected chi connectivity index (χ4v) is 2.79. The zero-order chi connectivity index (χ0) is 20.5. The summed E-state index contributed by atoms with van der Waals surface area (Å²) >= 11 is 0. The molecule has 0 saturated carbocycles. The first-order valence-electron chi connectivity index (χ1n) is 9.53. The topological polar surface area (TPSA) is 76.8 Å². The van der Waals surface area contributed by atoms with Crippen LogP contribution in [0.4, 0.5) is 0 Å². The van der Waals surface area contributed by atoms with Crippen LogP contribution >= 0.6 is 0 Å². The average Bonchev–Trinajstić information content (AvgIpc) is 3.15. The van der Waals surface area contributed by atoms with Gasteiger partial charge < -0.3 is 19.2 Å². The van der Waals surface area contributed by atoms with Gasteiger partial charge in [-0.05, 0) is 30.5 Å². The van der Waals surface area contributed by atoms with Gasteiger partial charge in [0.05, 0.1) is 20.3 Å². The lowest BCUT2D eigenvalue weighted by molar-refractivity contribution is 0.0932. The van der Waals surface area contributed by atoms with E-state index in [1.165, 1.54) is 6.26 Å². The van der Waals surface area contributed by atoms with Gasteiger partial charge in [-0.3, -0.25) is 9.69 Å². The Hall–Kier alpha value is -2.38. The summed E-state index contributed by atoms with van der Waals surface area (Å²) in [7, 11) is 3.26. The Morgan fingerprint density at radius 2 is 2.04 bits per heavy atom. The summed E-state index contributed by atoms with van der Waals surface area (Å²) in [5, 5.41) is 2.75. The van der Waals surface area contributed by atoms with Crippen LogP contribution in [0.5, 0.6) is 5.75 Å². The lowest BCUT2D eigenvalue weighted by atomic mass is 10.0. The summed E-state index contributed by atoms with van der Waals surface area (Å²) in [5.41, 5.74) is 1.43. The van der Waals surface area contributed by atoms with E-state index >= 15 is 0 Å². The summed E-state index contributed by atoms with van der Waals surface area (Å²) in [6.07, 6.45) is 1.40. The van der Waals surface area contributed by atoms with Crippen LogP contribution in [0.25, 0.3) is 0 Å². The highest BCUT2D eigenvalue weighted by atomic mass is 16.5. The van der Waals surface area contributed by atoms with Gasteiger partial charge in [0.15, 0.2) is 5.69 Å². The molecule has 7 nitrogen and oxygen atoms in total. The number of hydrogen-bond donors (Lipinski definition) is 1. The van der Waals surface area contributed by atoms with Crippen molar-refractivity contribution < 1.29 is 18.7 Å². The first kappa shape index (κ1) is 21.9. The van der Waals surface area contributed by atoms with Gasteiger partial charge in [0.1, 0.15) is 12.0 Å². The number of benzene rings is 1. The molecule has 0 aliphatic carbocycles. The number of nitrogens with one attached hydrogen (secondary N) is 1. The summed E-state index contributed by atoms with van der Waals surface area (Å²) < 4.78 is 15.8. The molecule has 0 bridgehead atoms. The second-order valence-electron chi connectivity index (χ2n) is 7.12. The van der Waals surface area contributed by atoms with Gasteiger partial charge in [0, 0.05) is 26.2 Å². The van der Waals surface area contributed by atoms with Crippen molar-refractivity contribution in [3.8, 4) is 5.75 Å². The van der Waals surface area contributed by atoms with Crippen LogP contribution in [0.3, 0.4) is 0 Å². The molecule has 1 amide bonds. The maximum atomic E-state index is 12.1. The van der Waals surface area contributed by atoms with E-state index in [0.29, 0.717) is 37.5 Å². The second-order valence-corrected chi connectivity index (χ2v) is 7.12. The van der Waals surface area contributed by atoms with Crippen LogP contribution in [0, 0.1) is 5.92 Å². The van der Waals surface area contributed by atoms with Crippen molar-refractivity contribution in [2.75, 3.05) is 27.4 Å². The highest BCUT2D eigenvalue weighted by Crippen LogP contribution is 2.20. The molecule has 0 spiro atoms. The number of carbonyl (C=O) groups excluding carboxylic acids is 1. The lowest BCUT2D eigenvalue weighted by Gasteiger charge is -2.30. The molecule has 0 fully saturated rings. The normalized spacial score (nSPS) is 12.4. The molecule has 28 heavy (non-hydrogen) atoms. The van der Waals surface area contributed by atoms with Gasteiger partial charge in [-0.25, -0.2) is 4.98 Å². The molecule has 0 aliphatic heterocycles. The van der Waals surface area contributed by atoms with Crippen LogP contribution in [-0.4, -0.2) is 49.2 Å². The van der Waals surface area contributed by atoms with E-state index in [0.717, 1.165) is 17.9 Å². The maximum absolute atomic E-state index is 12.1. The Labute approximate surface area is 167 Å². The maximum Gasteiger partial charge on any atom is 0.273 e. The van der Waals surface area contributed by atoms with E-state index < -0.39 is 0 Å². The molecular formula is C21H31N3O4. The van der Waals surface area contributed by atoms with Crippen LogP contribution in [0.15, 0.2) is 34.9 Å². The number of rotatable bonds is 11. The minimum Gasteiger partial charge on any atom is -0.497 e. The lowest BCUT2D eigenvalue weighted by Crippen LogP contribution is -2.36. The molecule has 1 N–H and O–H groups in total. The molecule has 154 valence electrons. The zero-order valence-corrected chi connectivity index (χ0v) is 17.4. The Morgan fingerprint density at radius 3 is 2.71 bits per heavy atom. The Morgan fingerprint density at radius 1 is 1.25 bits per heavy atom. The predicted molar refractivity (Wildman–Crippen MR) is 107 cm³/mol. The zero-order valence-electron chi connectivity index (χ0n) is 17.4. The second kappa shape index (κ2) is 10.8. The van der Waals surface area contributed by atoms with Gasteiger partial charge in [-0.15, -0.1) is 0 Å². The van der Waals surface area contributed by atoms with Gasteiger partial charge in [0.2, 0.25) is 5.89 Å². The Balaban J connectivity index is 2.09. The van der Waals surface area contributed by atoms with Crippen LogP contribution in [0.2, 0.25) is 0 Å². The first-order chi connectivity index (χ1) is 13.4. The number of amides is 1. The third-order valence-corrected chi connectivity index (χ3v) is 4.78. The number of oxazole rings is 1. The number of carbonyl (C=O) groups is 1.